The first-order valence-electron chi connectivity index (χ1n) is 10.5. The number of carbonyl (C=O) groups excluding carboxylic acids is 1. The van der Waals surface area contributed by atoms with E-state index >= 15 is 0 Å². The van der Waals surface area contributed by atoms with Gasteiger partial charge in [0.25, 0.3) is 0 Å². The lowest BCUT2D eigenvalue weighted by Crippen LogP contribution is -3.13. The average Bonchev–Trinajstić information content (AvgIpc) is 3.24. The molecule has 1 aromatic heterocycles. The third-order valence-electron chi connectivity index (χ3n) is 6.08. The Morgan fingerprint density at radius 3 is 2.83 bits per heavy atom. The summed E-state index contributed by atoms with van der Waals surface area (Å²) < 4.78 is 7.22. The number of amides is 1. The van der Waals surface area contributed by atoms with Crippen molar-refractivity contribution < 1.29 is 14.4 Å². The predicted molar refractivity (Wildman–Crippen MR) is 113 cm³/mol. The largest absolute Gasteiger partial charge is 0.493 e. The van der Waals surface area contributed by atoms with E-state index in [0.29, 0.717) is 10.9 Å². The van der Waals surface area contributed by atoms with Crippen LogP contribution in [0.15, 0.2) is 53.5 Å². The molecular weight excluding hydrogens is 380 g/mol. The van der Waals surface area contributed by atoms with Crippen LogP contribution in [0.3, 0.4) is 0 Å². The number of carbonyl (C=O) groups is 1. The summed E-state index contributed by atoms with van der Waals surface area (Å²) >= 11 is 0. The summed E-state index contributed by atoms with van der Waals surface area (Å²) in [5.41, 5.74) is 3.22. The lowest BCUT2D eigenvalue weighted by molar-refractivity contribution is -0.917. The van der Waals surface area contributed by atoms with Crippen LogP contribution in [0.2, 0.25) is 0 Å². The third-order valence-corrected chi connectivity index (χ3v) is 6.08. The predicted octanol–water partition coefficient (Wildman–Crippen LogP) is 0.259. The van der Waals surface area contributed by atoms with Crippen LogP contribution in [-0.4, -0.2) is 53.4 Å². The highest BCUT2D eigenvalue weighted by atomic mass is 16.5. The Bertz CT molecular complexity index is 1150. The van der Waals surface area contributed by atoms with Crippen molar-refractivity contribution in [2.75, 3.05) is 32.8 Å². The lowest BCUT2D eigenvalue weighted by Gasteiger charge is -2.32. The van der Waals surface area contributed by atoms with Gasteiger partial charge in [0.05, 0.1) is 44.5 Å². The van der Waals surface area contributed by atoms with Gasteiger partial charge in [0, 0.05) is 17.4 Å². The molecule has 7 nitrogen and oxygen atoms in total. The fourth-order valence-corrected chi connectivity index (χ4v) is 4.40. The first-order chi connectivity index (χ1) is 14.7. The maximum atomic E-state index is 12.9. The molecule has 0 bridgehead atoms. The van der Waals surface area contributed by atoms with Crippen LogP contribution in [-0.2, 0) is 24.3 Å². The SMILES string of the molecule is O=C(Cn1ncc(=O)c2ccccc21)N1CC[NH+](Cc2ccc3c(c2)CCO3)CC1. The molecule has 7 heteroatoms. The molecule has 1 saturated heterocycles. The monoisotopic (exact) mass is 405 g/mol. The Hall–Kier alpha value is -3.19. The number of rotatable bonds is 4. The Kier molecular flexibility index (Phi) is 4.96. The molecule has 5 rings (SSSR count). The zero-order valence-corrected chi connectivity index (χ0v) is 16.8. The van der Waals surface area contributed by atoms with E-state index in [-0.39, 0.29) is 17.9 Å². The molecule has 30 heavy (non-hydrogen) atoms. The van der Waals surface area contributed by atoms with Crippen LogP contribution in [0.5, 0.6) is 5.75 Å². The van der Waals surface area contributed by atoms with Gasteiger partial charge in [-0.15, -0.1) is 0 Å². The fourth-order valence-electron chi connectivity index (χ4n) is 4.40. The molecule has 0 spiro atoms. The van der Waals surface area contributed by atoms with Crippen molar-refractivity contribution in [3.05, 3.63) is 70.0 Å². The van der Waals surface area contributed by atoms with Gasteiger partial charge >= 0.3 is 0 Å². The van der Waals surface area contributed by atoms with Gasteiger partial charge in [0.1, 0.15) is 18.8 Å². The first-order valence-corrected chi connectivity index (χ1v) is 10.5. The summed E-state index contributed by atoms with van der Waals surface area (Å²) in [5, 5.41) is 4.77. The van der Waals surface area contributed by atoms with E-state index in [4.69, 9.17) is 4.74 Å². The quantitative estimate of drug-likeness (QED) is 0.676. The number of fused-ring (bicyclic) bond motifs is 2. The standard InChI is InChI=1S/C23H24N4O3/c28-21-14-24-27(20-4-2-1-3-19(20)21)16-23(29)26-10-8-25(9-11-26)15-17-5-6-22-18(13-17)7-12-30-22/h1-6,13-14H,7-12,15-16H2/p+1. The van der Waals surface area contributed by atoms with Gasteiger partial charge in [0.15, 0.2) is 0 Å². The molecule has 2 aliphatic heterocycles. The Labute approximate surface area is 174 Å². The summed E-state index contributed by atoms with van der Waals surface area (Å²) in [4.78, 5) is 28.2. The maximum absolute atomic E-state index is 12.9. The van der Waals surface area contributed by atoms with Crippen LogP contribution in [0.4, 0.5) is 0 Å². The second-order valence-electron chi connectivity index (χ2n) is 8.03. The Morgan fingerprint density at radius 2 is 1.97 bits per heavy atom. The molecule has 3 heterocycles. The molecule has 154 valence electrons. The zero-order valence-electron chi connectivity index (χ0n) is 16.8. The van der Waals surface area contributed by atoms with Crippen molar-refractivity contribution in [1.82, 2.24) is 14.7 Å². The molecule has 1 N–H and O–H groups in total. The number of hydrogen-bond donors (Lipinski definition) is 1. The van der Waals surface area contributed by atoms with E-state index < -0.39 is 0 Å². The highest BCUT2D eigenvalue weighted by molar-refractivity contribution is 5.81. The smallest absolute Gasteiger partial charge is 0.244 e. The minimum atomic E-state index is -0.121. The highest BCUT2D eigenvalue weighted by Gasteiger charge is 2.25. The van der Waals surface area contributed by atoms with Crippen molar-refractivity contribution in [1.29, 1.82) is 0 Å². The number of para-hydroxylation sites is 1. The summed E-state index contributed by atoms with van der Waals surface area (Å²) in [6.45, 7) is 5.24. The molecule has 1 amide bonds. The molecule has 2 aliphatic rings. The van der Waals surface area contributed by atoms with Crippen LogP contribution < -0.4 is 15.1 Å². The van der Waals surface area contributed by atoms with Gasteiger partial charge in [0.2, 0.25) is 11.3 Å². The van der Waals surface area contributed by atoms with Crippen molar-refractivity contribution in [2.45, 2.75) is 19.5 Å². The molecule has 2 aromatic carbocycles. The van der Waals surface area contributed by atoms with Crippen LogP contribution in [0.1, 0.15) is 11.1 Å². The van der Waals surface area contributed by atoms with Gasteiger partial charge < -0.3 is 14.5 Å². The summed E-state index contributed by atoms with van der Waals surface area (Å²) in [7, 11) is 0. The van der Waals surface area contributed by atoms with Crippen LogP contribution in [0.25, 0.3) is 10.9 Å². The Morgan fingerprint density at radius 1 is 1.13 bits per heavy atom. The second kappa shape index (κ2) is 7.91. The van der Waals surface area contributed by atoms with Crippen molar-refractivity contribution in [3.63, 3.8) is 0 Å². The number of piperazine rings is 1. The van der Waals surface area contributed by atoms with Crippen LogP contribution >= 0.6 is 0 Å². The molecule has 3 aromatic rings. The molecule has 0 saturated carbocycles. The number of nitrogens with zero attached hydrogens (tertiary/aromatic N) is 3. The number of ether oxygens (including phenoxy) is 1. The highest BCUT2D eigenvalue weighted by Crippen LogP contribution is 2.25. The van der Waals surface area contributed by atoms with Gasteiger partial charge in [-0.3, -0.25) is 14.3 Å². The second-order valence-corrected chi connectivity index (χ2v) is 8.03. The molecular formula is C23H25N4O3+. The number of nitrogens with one attached hydrogen (secondary N) is 1. The van der Waals surface area contributed by atoms with Crippen molar-refractivity contribution in [2.24, 2.45) is 0 Å². The van der Waals surface area contributed by atoms with Gasteiger partial charge in [-0.05, 0) is 35.9 Å². The third kappa shape index (κ3) is 3.68. The van der Waals surface area contributed by atoms with E-state index in [0.717, 1.165) is 51.5 Å². The maximum Gasteiger partial charge on any atom is 0.244 e. The first kappa shape index (κ1) is 18.8. The lowest BCUT2D eigenvalue weighted by atomic mass is 10.1. The minimum Gasteiger partial charge on any atom is -0.493 e. The summed E-state index contributed by atoms with van der Waals surface area (Å²) in [6, 6.07) is 13.8. The van der Waals surface area contributed by atoms with Gasteiger partial charge in [-0.1, -0.05) is 12.1 Å². The van der Waals surface area contributed by atoms with Gasteiger partial charge in [-0.25, -0.2) is 0 Å². The fraction of sp³-hybridized carbons (Fsp3) is 0.348. The minimum absolute atomic E-state index is 0.0463. The number of hydrogen-bond acceptors (Lipinski definition) is 4. The molecule has 0 radical (unpaired) electrons. The summed E-state index contributed by atoms with van der Waals surface area (Å²) in [5.74, 6) is 1.07. The Balaban J connectivity index is 1.20. The topological polar surface area (TPSA) is 68.9 Å². The van der Waals surface area contributed by atoms with E-state index in [1.54, 1.807) is 10.7 Å². The average molecular weight is 405 g/mol. The molecule has 0 atom stereocenters. The van der Waals surface area contributed by atoms with E-state index in [1.165, 1.54) is 22.2 Å². The van der Waals surface area contributed by atoms with Gasteiger partial charge in [-0.2, -0.15) is 5.10 Å². The van der Waals surface area contributed by atoms with E-state index in [2.05, 4.69) is 23.3 Å². The molecule has 0 unspecified atom stereocenters. The number of benzene rings is 2. The zero-order chi connectivity index (χ0) is 20.5. The molecule has 0 aliphatic carbocycles. The van der Waals surface area contributed by atoms with E-state index in [9.17, 15) is 9.59 Å². The van der Waals surface area contributed by atoms with Crippen LogP contribution in [0, 0.1) is 0 Å². The number of quaternary nitrogens is 1. The normalized spacial score (nSPS) is 16.5. The van der Waals surface area contributed by atoms with Crippen molar-refractivity contribution >= 4 is 16.8 Å². The molecule has 1 fully saturated rings. The number of aromatic nitrogens is 2. The van der Waals surface area contributed by atoms with E-state index in [1.807, 2.05) is 23.1 Å². The summed E-state index contributed by atoms with van der Waals surface area (Å²) in [6.07, 6.45) is 2.29. The van der Waals surface area contributed by atoms with Crippen molar-refractivity contribution in [3.8, 4) is 5.75 Å².